The molecule has 1 aromatic heterocycles. The summed E-state index contributed by atoms with van der Waals surface area (Å²) < 4.78 is 75.8. The summed E-state index contributed by atoms with van der Waals surface area (Å²) in [4.78, 5) is 10.0. The molecule has 5 rings (SSSR count). The lowest BCUT2D eigenvalue weighted by molar-refractivity contribution is -0.116. The number of piperidine rings is 1. The van der Waals surface area contributed by atoms with E-state index in [1.807, 2.05) is 0 Å². The maximum Gasteiger partial charge on any atom is 0.245 e. The van der Waals surface area contributed by atoms with Crippen LogP contribution in [0.25, 0.3) is 10.9 Å². The summed E-state index contributed by atoms with van der Waals surface area (Å²) in [7, 11) is -3.96. The molecule has 2 saturated heterocycles. The van der Waals surface area contributed by atoms with Crippen molar-refractivity contribution in [2.45, 2.75) is 23.2 Å². The van der Waals surface area contributed by atoms with Crippen molar-refractivity contribution in [2.75, 3.05) is 31.1 Å². The van der Waals surface area contributed by atoms with Crippen LogP contribution in [0.5, 0.6) is 0 Å². The summed E-state index contributed by atoms with van der Waals surface area (Å²) in [5.41, 5.74) is -1.42. The van der Waals surface area contributed by atoms with Gasteiger partial charge in [-0.1, -0.05) is 18.2 Å². The first kappa shape index (κ1) is 21.1. The number of benzene rings is 2. The van der Waals surface area contributed by atoms with E-state index < -0.39 is 33.6 Å². The Morgan fingerprint density at radius 1 is 1.09 bits per heavy atom. The average Bonchev–Trinajstić information content (AvgIpc) is 3.22. The van der Waals surface area contributed by atoms with E-state index in [1.165, 1.54) is 18.3 Å². The summed E-state index contributed by atoms with van der Waals surface area (Å²) in [5, 5.41) is 0.317. The maximum absolute atomic E-state index is 15.6. The molecule has 0 N–H and O–H groups in total. The Morgan fingerprint density at radius 3 is 2.59 bits per heavy atom. The average molecular weight is 464 g/mol. The van der Waals surface area contributed by atoms with Crippen LogP contribution in [0.3, 0.4) is 0 Å². The molecule has 0 aliphatic carbocycles. The molecule has 0 unspecified atom stereocenters. The van der Waals surface area contributed by atoms with Crippen LogP contribution in [-0.4, -0.2) is 60.8 Å². The van der Waals surface area contributed by atoms with Crippen molar-refractivity contribution < 1.29 is 26.3 Å². The normalized spacial score (nSPS) is 24.5. The standard InChI is InChI=1S/C21H19F3N4O3S/c22-16-10-14-12-25-20(26-18(14)11-17(16)23)27-7-6-21(19(24)13-27)28(8-9-31-21)32(29,30)15-4-2-1-3-5-15/h1-5,10-12,19H,6-9,13H2/t19-,21-/m0/s1. The van der Waals surface area contributed by atoms with Crippen LogP contribution in [-0.2, 0) is 14.8 Å². The van der Waals surface area contributed by atoms with E-state index in [1.54, 1.807) is 23.1 Å². The first-order chi connectivity index (χ1) is 15.3. The fraction of sp³-hybridized carbons (Fsp3) is 0.333. The summed E-state index contributed by atoms with van der Waals surface area (Å²) in [5.74, 6) is -1.89. The second-order valence-corrected chi connectivity index (χ2v) is 9.60. The van der Waals surface area contributed by atoms with Crippen LogP contribution in [0.4, 0.5) is 19.1 Å². The first-order valence-electron chi connectivity index (χ1n) is 10.0. The van der Waals surface area contributed by atoms with Gasteiger partial charge in [0.1, 0.15) is 0 Å². The number of rotatable bonds is 3. The maximum atomic E-state index is 15.6. The molecule has 11 heteroatoms. The molecule has 7 nitrogen and oxygen atoms in total. The summed E-state index contributed by atoms with van der Waals surface area (Å²) in [6.07, 6.45) is -0.281. The highest BCUT2D eigenvalue weighted by Crippen LogP contribution is 2.40. The number of anilines is 1. The van der Waals surface area contributed by atoms with Gasteiger partial charge in [-0.15, -0.1) is 0 Å². The lowest BCUT2D eigenvalue weighted by Gasteiger charge is -2.44. The van der Waals surface area contributed by atoms with Crippen LogP contribution in [0.15, 0.2) is 53.6 Å². The number of alkyl halides is 1. The highest BCUT2D eigenvalue weighted by molar-refractivity contribution is 7.89. The van der Waals surface area contributed by atoms with Crippen molar-refractivity contribution in [1.29, 1.82) is 0 Å². The monoisotopic (exact) mass is 464 g/mol. The Hall–Kier alpha value is -2.76. The molecule has 2 aromatic carbocycles. The van der Waals surface area contributed by atoms with Gasteiger partial charge in [0.15, 0.2) is 23.5 Å². The molecule has 1 spiro atoms. The molecule has 0 amide bonds. The van der Waals surface area contributed by atoms with Gasteiger partial charge in [0, 0.05) is 37.2 Å². The van der Waals surface area contributed by atoms with Crippen LogP contribution in [0.1, 0.15) is 6.42 Å². The molecule has 3 heterocycles. The molecule has 0 saturated carbocycles. The molecule has 168 valence electrons. The van der Waals surface area contributed by atoms with Gasteiger partial charge in [-0.3, -0.25) is 0 Å². The Balaban J connectivity index is 1.42. The van der Waals surface area contributed by atoms with Crippen molar-refractivity contribution in [3.63, 3.8) is 0 Å². The Bertz CT molecular complexity index is 1280. The Labute approximate surface area is 182 Å². The zero-order valence-electron chi connectivity index (χ0n) is 16.8. The van der Waals surface area contributed by atoms with E-state index in [4.69, 9.17) is 4.74 Å². The van der Waals surface area contributed by atoms with Crippen molar-refractivity contribution in [3.8, 4) is 0 Å². The fourth-order valence-corrected chi connectivity index (χ4v) is 6.02. The molecule has 3 aromatic rings. The van der Waals surface area contributed by atoms with Crippen molar-refractivity contribution >= 4 is 26.9 Å². The molecule has 2 atom stereocenters. The first-order valence-corrected chi connectivity index (χ1v) is 11.5. The lowest BCUT2D eigenvalue weighted by Crippen LogP contribution is -2.62. The zero-order valence-corrected chi connectivity index (χ0v) is 17.6. The summed E-state index contributed by atoms with van der Waals surface area (Å²) >= 11 is 0. The number of aromatic nitrogens is 2. The quantitative estimate of drug-likeness (QED) is 0.594. The lowest BCUT2D eigenvalue weighted by atomic mass is 9.99. The molecular formula is C21H19F3N4O3S. The largest absolute Gasteiger partial charge is 0.355 e. The third-order valence-corrected chi connectivity index (χ3v) is 7.84. The molecule has 32 heavy (non-hydrogen) atoms. The molecular weight excluding hydrogens is 445 g/mol. The van der Waals surface area contributed by atoms with Crippen LogP contribution in [0, 0.1) is 11.6 Å². The molecule has 2 aliphatic heterocycles. The van der Waals surface area contributed by atoms with Gasteiger partial charge in [0.25, 0.3) is 0 Å². The van der Waals surface area contributed by atoms with Gasteiger partial charge >= 0.3 is 0 Å². The third kappa shape index (κ3) is 3.31. The second-order valence-electron chi connectivity index (χ2n) is 7.74. The number of hydrogen-bond acceptors (Lipinski definition) is 6. The predicted octanol–water partition coefficient (Wildman–Crippen LogP) is 2.87. The van der Waals surface area contributed by atoms with Gasteiger partial charge < -0.3 is 9.64 Å². The smallest absolute Gasteiger partial charge is 0.245 e. The topological polar surface area (TPSA) is 75.6 Å². The zero-order chi connectivity index (χ0) is 22.5. The van der Waals surface area contributed by atoms with E-state index in [0.29, 0.717) is 5.39 Å². The van der Waals surface area contributed by atoms with E-state index in [2.05, 4.69) is 9.97 Å². The van der Waals surface area contributed by atoms with Crippen molar-refractivity contribution in [2.24, 2.45) is 0 Å². The molecule has 2 fully saturated rings. The molecule has 2 aliphatic rings. The second kappa shape index (κ2) is 7.68. The predicted molar refractivity (Wildman–Crippen MR) is 110 cm³/mol. The number of sulfonamides is 1. The van der Waals surface area contributed by atoms with Gasteiger partial charge in [0.05, 0.1) is 23.6 Å². The molecule has 0 bridgehead atoms. The van der Waals surface area contributed by atoms with E-state index >= 15 is 4.39 Å². The van der Waals surface area contributed by atoms with Crippen molar-refractivity contribution in [3.05, 3.63) is 60.3 Å². The van der Waals surface area contributed by atoms with E-state index in [9.17, 15) is 17.2 Å². The number of fused-ring (bicyclic) bond motifs is 1. The highest BCUT2D eigenvalue weighted by atomic mass is 32.2. The van der Waals surface area contributed by atoms with Gasteiger partial charge in [-0.05, 0) is 18.2 Å². The Morgan fingerprint density at radius 2 is 1.84 bits per heavy atom. The minimum Gasteiger partial charge on any atom is -0.355 e. The summed E-state index contributed by atoms with van der Waals surface area (Å²) in [6.45, 7) is 0.144. The SMILES string of the molecule is O=S(=O)(c1ccccc1)N1CCO[C@]12CCN(c1ncc3cc(F)c(F)cc3n1)C[C@@H]2F. The number of halogens is 3. The van der Waals surface area contributed by atoms with Crippen LogP contribution < -0.4 is 4.90 Å². The van der Waals surface area contributed by atoms with E-state index in [0.717, 1.165) is 16.4 Å². The van der Waals surface area contributed by atoms with Gasteiger partial charge in [-0.25, -0.2) is 31.6 Å². The molecule has 0 radical (unpaired) electrons. The fourth-order valence-electron chi connectivity index (χ4n) is 4.28. The minimum atomic E-state index is -3.96. The summed E-state index contributed by atoms with van der Waals surface area (Å²) in [6, 6.07) is 9.81. The number of ether oxygens (including phenoxy) is 1. The van der Waals surface area contributed by atoms with Gasteiger partial charge in [0.2, 0.25) is 16.0 Å². The third-order valence-electron chi connectivity index (χ3n) is 5.90. The van der Waals surface area contributed by atoms with E-state index in [-0.39, 0.29) is 49.0 Å². The van der Waals surface area contributed by atoms with Crippen LogP contribution in [0.2, 0.25) is 0 Å². The Kier molecular flexibility index (Phi) is 5.06. The van der Waals surface area contributed by atoms with Crippen LogP contribution >= 0.6 is 0 Å². The van der Waals surface area contributed by atoms with Gasteiger partial charge in [-0.2, -0.15) is 4.31 Å². The highest BCUT2D eigenvalue weighted by Gasteiger charge is 2.57. The van der Waals surface area contributed by atoms with Crippen molar-refractivity contribution in [1.82, 2.24) is 14.3 Å². The minimum absolute atomic E-state index is 0.0506. The number of hydrogen-bond donors (Lipinski definition) is 0. The number of nitrogens with zero attached hydrogens (tertiary/aromatic N) is 4.